The molecule has 20 heavy (non-hydrogen) atoms. The van der Waals surface area contributed by atoms with Gasteiger partial charge in [-0.2, -0.15) is 4.98 Å². The summed E-state index contributed by atoms with van der Waals surface area (Å²) in [6, 6.07) is 5.40. The summed E-state index contributed by atoms with van der Waals surface area (Å²) in [5, 5.41) is 6.14. The number of aryl methyl sites for hydroxylation is 2. The Labute approximate surface area is 116 Å². The van der Waals surface area contributed by atoms with Gasteiger partial charge in [-0.25, -0.2) is 0 Å². The monoisotopic (exact) mass is 270 g/mol. The van der Waals surface area contributed by atoms with Crippen molar-refractivity contribution in [2.24, 2.45) is 5.73 Å². The molecule has 1 aromatic carbocycles. The van der Waals surface area contributed by atoms with Gasteiger partial charge in [0.2, 0.25) is 0 Å². The lowest BCUT2D eigenvalue weighted by molar-refractivity contribution is 0.102. The molecule has 0 spiro atoms. The second-order valence-corrected chi connectivity index (χ2v) is 4.19. The van der Waals surface area contributed by atoms with Crippen molar-refractivity contribution in [2.45, 2.75) is 13.8 Å². The predicted molar refractivity (Wildman–Crippen MR) is 74.1 cm³/mol. The van der Waals surface area contributed by atoms with Crippen molar-refractivity contribution in [1.29, 1.82) is 0 Å². The maximum atomic E-state index is 12.1. The van der Waals surface area contributed by atoms with Crippen LogP contribution in [-0.2, 0) is 0 Å². The number of nitrogens with two attached hydrogens (primary N) is 1. The quantitative estimate of drug-likeness (QED) is 0.801. The van der Waals surface area contributed by atoms with Gasteiger partial charge in [0.15, 0.2) is 5.82 Å². The van der Waals surface area contributed by atoms with E-state index in [2.05, 4.69) is 27.3 Å². The first-order valence-electron chi connectivity index (χ1n) is 6.01. The van der Waals surface area contributed by atoms with Crippen LogP contribution in [0.4, 0.5) is 6.01 Å². The normalized spacial score (nSPS) is 9.75. The molecule has 0 atom stereocenters. The second-order valence-electron chi connectivity index (χ2n) is 4.19. The van der Waals surface area contributed by atoms with Gasteiger partial charge in [0.25, 0.3) is 5.91 Å². The first-order valence-corrected chi connectivity index (χ1v) is 6.01. The summed E-state index contributed by atoms with van der Waals surface area (Å²) in [7, 11) is 0. The standard InChI is InChI=1S/C14H14N4O2/c1-9-6-11(4-3-5-15)8-12(7-9)13(19)17-14-16-10(2)18-20-14/h6-8H,5,15H2,1-2H3,(H,16,17,18,19). The number of nitrogens with one attached hydrogen (secondary N) is 1. The van der Waals surface area contributed by atoms with Crippen LogP contribution in [0.2, 0.25) is 0 Å². The smallest absolute Gasteiger partial charge is 0.320 e. The number of aromatic nitrogens is 2. The maximum absolute atomic E-state index is 12.1. The van der Waals surface area contributed by atoms with Gasteiger partial charge in [0, 0.05) is 11.1 Å². The molecule has 0 saturated heterocycles. The Hall–Kier alpha value is -2.65. The van der Waals surface area contributed by atoms with Crippen LogP contribution in [0.25, 0.3) is 0 Å². The van der Waals surface area contributed by atoms with E-state index < -0.39 is 0 Å². The third kappa shape index (κ3) is 3.43. The van der Waals surface area contributed by atoms with E-state index in [1.807, 2.05) is 13.0 Å². The zero-order chi connectivity index (χ0) is 14.5. The van der Waals surface area contributed by atoms with Crippen LogP contribution in [0, 0.1) is 25.7 Å². The third-order valence-corrected chi connectivity index (χ3v) is 2.42. The van der Waals surface area contributed by atoms with Crippen molar-refractivity contribution in [2.75, 3.05) is 11.9 Å². The molecule has 2 rings (SSSR count). The van der Waals surface area contributed by atoms with Crippen LogP contribution in [0.3, 0.4) is 0 Å². The first-order chi connectivity index (χ1) is 9.58. The van der Waals surface area contributed by atoms with Crippen molar-refractivity contribution in [3.8, 4) is 11.8 Å². The highest BCUT2D eigenvalue weighted by molar-refractivity contribution is 6.03. The van der Waals surface area contributed by atoms with E-state index in [4.69, 9.17) is 10.3 Å². The Bertz CT molecular complexity index is 695. The summed E-state index contributed by atoms with van der Waals surface area (Å²) in [5.41, 5.74) is 7.48. The van der Waals surface area contributed by atoms with Gasteiger partial charge < -0.3 is 10.3 Å². The minimum atomic E-state index is -0.326. The fourth-order valence-electron chi connectivity index (χ4n) is 1.66. The fourth-order valence-corrected chi connectivity index (χ4v) is 1.66. The number of rotatable bonds is 2. The summed E-state index contributed by atoms with van der Waals surface area (Å²) in [6.45, 7) is 3.84. The van der Waals surface area contributed by atoms with Crippen LogP contribution >= 0.6 is 0 Å². The molecule has 102 valence electrons. The molecule has 0 radical (unpaired) electrons. The van der Waals surface area contributed by atoms with Crippen molar-refractivity contribution in [3.05, 3.63) is 40.7 Å². The summed E-state index contributed by atoms with van der Waals surface area (Å²) in [4.78, 5) is 16.0. The molecular weight excluding hydrogens is 256 g/mol. The molecule has 2 aromatic rings. The number of hydrogen-bond acceptors (Lipinski definition) is 5. The largest absolute Gasteiger partial charge is 0.328 e. The lowest BCUT2D eigenvalue weighted by atomic mass is 10.1. The molecule has 0 aliphatic rings. The third-order valence-electron chi connectivity index (χ3n) is 2.42. The predicted octanol–water partition coefficient (Wildman–Crippen LogP) is 1.25. The van der Waals surface area contributed by atoms with Crippen LogP contribution in [0.1, 0.15) is 27.3 Å². The number of amides is 1. The Morgan fingerprint density at radius 3 is 2.85 bits per heavy atom. The zero-order valence-corrected chi connectivity index (χ0v) is 11.2. The fraction of sp³-hybridized carbons (Fsp3) is 0.214. The van der Waals surface area contributed by atoms with E-state index in [0.717, 1.165) is 11.1 Å². The average Bonchev–Trinajstić information content (AvgIpc) is 2.81. The minimum absolute atomic E-state index is 0.0728. The number of nitrogens with zero attached hydrogens (tertiary/aromatic N) is 2. The molecular formula is C14H14N4O2. The topological polar surface area (TPSA) is 94.0 Å². The summed E-state index contributed by atoms with van der Waals surface area (Å²) in [6.07, 6.45) is 0. The molecule has 0 aliphatic heterocycles. The van der Waals surface area contributed by atoms with E-state index in [0.29, 0.717) is 11.4 Å². The van der Waals surface area contributed by atoms with Crippen LogP contribution in [0.15, 0.2) is 22.7 Å². The lowest BCUT2D eigenvalue weighted by Gasteiger charge is -2.03. The van der Waals surface area contributed by atoms with Gasteiger partial charge in [-0.3, -0.25) is 10.1 Å². The van der Waals surface area contributed by atoms with Gasteiger partial charge in [-0.15, -0.1) is 0 Å². The minimum Gasteiger partial charge on any atom is -0.320 e. The summed E-state index contributed by atoms with van der Waals surface area (Å²) < 4.78 is 4.84. The highest BCUT2D eigenvalue weighted by Gasteiger charge is 2.11. The highest BCUT2D eigenvalue weighted by atomic mass is 16.5. The van der Waals surface area contributed by atoms with Gasteiger partial charge in [-0.1, -0.05) is 17.0 Å². The van der Waals surface area contributed by atoms with Gasteiger partial charge in [0.1, 0.15) is 0 Å². The number of benzene rings is 1. The maximum Gasteiger partial charge on any atom is 0.328 e. The molecule has 0 aliphatic carbocycles. The number of carbonyl (C=O) groups excluding carboxylic acids is 1. The van der Waals surface area contributed by atoms with Crippen LogP contribution in [-0.4, -0.2) is 22.6 Å². The molecule has 6 heteroatoms. The molecule has 3 N–H and O–H groups in total. The van der Waals surface area contributed by atoms with Crippen molar-refractivity contribution in [3.63, 3.8) is 0 Å². The zero-order valence-electron chi connectivity index (χ0n) is 11.2. The first kappa shape index (κ1) is 13.8. The molecule has 1 aromatic heterocycles. The van der Waals surface area contributed by atoms with Crippen LogP contribution < -0.4 is 11.1 Å². The van der Waals surface area contributed by atoms with Gasteiger partial charge in [0.05, 0.1) is 6.54 Å². The number of anilines is 1. The van der Waals surface area contributed by atoms with Crippen molar-refractivity contribution >= 4 is 11.9 Å². The molecule has 0 fully saturated rings. The van der Waals surface area contributed by atoms with Gasteiger partial charge >= 0.3 is 6.01 Å². The molecule has 0 saturated carbocycles. The average molecular weight is 270 g/mol. The van der Waals surface area contributed by atoms with E-state index in [9.17, 15) is 4.79 Å². The molecule has 1 amide bonds. The van der Waals surface area contributed by atoms with Crippen molar-refractivity contribution in [1.82, 2.24) is 10.1 Å². The molecule has 0 bridgehead atoms. The van der Waals surface area contributed by atoms with E-state index >= 15 is 0 Å². The Morgan fingerprint density at radius 1 is 1.40 bits per heavy atom. The Kier molecular flexibility index (Phi) is 4.13. The van der Waals surface area contributed by atoms with E-state index in [1.54, 1.807) is 19.1 Å². The number of hydrogen-bond donors (Lipinski definition) is 2. The van der Waals surface area contributed by atoms with E-state index in [-0.39, 0.29) is 18.5 Å². The number of carbonyl (C=O) groups is 1. The summed E-state index contributed by atoms with van der Waals surface area (Å²) in [5.74, 6) is 5.79. The Morgan fingerprint density at radius 2 is 2.20 bits per heavy atom. The van der Waals surface area contributed by atoms with E-state index in [1.165, 1.54) is 0 Å². The molecule has 0 unspecified atom stereocenters. The van der Waals surface area contributed by atoms with Crippen LogP contribution in [0.5, 0.6) is 0 Å². The lowest BCUT2D eigenvalue weighted by Crippen LogP contribution is -2.12. The van der Waals surface area contributed by atoms with Gasteiger partial charge in [-0.05, 0) is 37.6 Å². The highest BCUT2D eigenvalue weighted by Crippen LogP contribution is 2.11. The van der Waals surface area contributed by atoms with Crippen molar-refractivity contribution < 1.29 is 9.32 Å². The SMILES string of the molecule is Cc1cc(C#CCN)cc(C(=O)Nc2nc(C)no2)c1. The second kappa shape index (κ2) is 5.99. The Balaban J connectivity index is 2.23. The molecule has 1 heterocycles. The molecule has 6 nitrogen and oxygen atoms in total. The summed E-state index contributed by atoms with van der Waals surface area (Å²) >= 11 is 0.